The van der Waals surface area contributed by atoms with Gasteiger partial charge in [0.15, 0.2) is 0 Å². The number of hydrogen-bond acceptors (Lipinski definition) is 2. The highest BCUT2D eigenvalue weighted by atomic mass is 16.5. The molecule has 15 heavy (non-hydrogen) atoms. The molecule has 0 atom stereocenters. The summed E-state index contributed by atoms with van der Waals surface area (Å²) in [4.78, 5) is 2.54. The molecule has 1 aliphatic heterocycles. The van der Waals surface area contributed by atoms with Crippen LogP contribution in [0.4, 0.5) is 0 Å². The molecule has 0 saturated carbocycles. The monoisotopic (exact) mass is 207 g/mol. The van der Waals surface area contributed by atoms with Gasteiger partial charge < -0.3 is 9.64 Å². The topological polar surface area (TPSA) is 12.5 Å². The van der Waals surface area contributed by atoms with Crippen molar-refractivity contribution in [3.8, 4) is 0 Å². The predicted molar refractivity (Wildman–Crippen MR) is 62.7 cm³/mol. The quantitative estimate of drug-likeness (QED) is 0.643. The maximum atomic E-state index is 5.69. The Balaban J connectivity index is 1.54. The third kappa shape index (κ3) is 3.71. The molecule has 0 N–H and O–H groups in total. The summed E-state index contributed by atoms with van der Waals surface area (Å²) < 4.78 is 5.69. The minimum atomic E-state index is 0.868. The van der Waals surface area contributed by atoms with Crippen molar-refractivity contribution in [2.24, 2.45) is 0 Å². The largest absolute Gasteiger partial charge is 0.494 e. The van der Waals surface area contributed by atoms with E-state index in [2.05, 4.69) is 23.1 Å². The van der Waals surface area contributed by atoms with Gasteiger partial charge in [0.25, 0.3) is 0 Å². The fourth-order valence-corrected chi connectivity index (χ4v) is 2.18. The summed E-state index contributed by atoms with van der Waals surface area (Å²) in [5, 5.41) is 0. The lowest BCUT2D eigenvalue weighted by Gasteiger charge is -2.15. The Kier molecular flexibility index (Phi) is 4.27. The molecule has 0 radical (unpaired) electrons. The third-order valence-electron chi connectivity index (χ3n) is 3.05. The lowest BCUT2D eigenvalue weighted by molar-refractivity contribution is 0.199. The zero-order valence-electron chi connectivity index (χ0n) is 9.45. The maximum absolute atomic E-state index is 5.69. The Morgan fingerprint density at radius 2 is 2.07 bits per heavy atom. The van der Waals surface area contributed by atoms with E-state index in [1.165, 1.54) is 38.9 Å². The zero-order chi connectivity index (χ0) is 10.3. The predicted octanol–water partition coefficient (Wildman–Crippen LogP) is 2.72. The molecule has 2 nitrogen and oxygen atoms in total. The van der Waals surface area contributed by atoms with E-state index in [0.29, 0.717) is 0 Å². The van der Waals surface area contributed by atoms with E-state index in [-0.39, 0.29) is 0 Å². The number of hydrogen-bond donors (Lipinski definition) is 0. The third-order valence-corrected chi connectivity index (χ3v) is 3.05. The van der Waals surface area contributed by atoms with Crippen molar-refractivity contribution in [3.05, 3.63) is 24.0 Å². The molecule has 0 aromatic carbocycles. The number of allylic oxidation sites excluding steroid dienone is 3. The molecule has 1 aliphatic carbocycles. The van der Waals surface area contributed by atoms with E-state index in [0.717, 1.165) is 25.2 Å². The van der Waals surface area contributed by atoms with E-state index in [4.69, 9.17) is 4.74 Å². The second kappa shape index (κ2) is 5.96. The van der Waals surface area contributed by atoms with E-state index in [1.54, 1.807) is 0 Å². The number of rotatable bonds is 5. The molecular weight excluding hydrogens is 186 g/mol. The highest BCUT2D eigenvalue weighted by Gasteiger charge is 2.10. The minimum absolute atomic E-state index is 0.868. The Bertz CT molecular complexity index is 239. The van der Waals surface area contributed by atoms with Crippen LogP contribution < -0.4 is 0 Å². The molecule has 0 aromatic rings. The summed E-state index contributed by atoms with van der Waals surface area (Å²) in [7, 11) is 0. The summed E-state index contributed by atoms with van der Waals surface area (Å²) in [6.07, 6.45) is 12.7. The lowest BCUT2D eigenvalue weighted by Crippen LogP contribution is -2.21. The van der Waals surface area contributed by atoms with Gasteiger partial charge in [0.05, 0.1) is 6.61 Å². The van der Waals surface area contributed by atoms with Crippen LogP contribution in [0.25, 0.3) is 0 Å². The smallest absolute Gasteiger partial charge is 0.115 e. The zero-order valence-corrected chi connectivity index (χ0v) is 9.45. The van der Waals surface area contributed by atoms with Crippen LogP contribution in [0.2, 0.25) is 0 Å². The lowest BCUT2D eigenvalue weighted by atomic mass is 10.2. The molecule has 0 unspecified atom stereocenters. The van der Waals surface area contributed by atoms with Crippen LogP contribution in [0.15, 0.2) is 24.0 Å². The molecule has 0 amide bonds. The average Bonchev–Trinajstić information content (AvgIpc) is 2.79. The Morgan fingerprint density at radius 3 is 2.80 bits per heavy atom. The normalized spacial score (nSPS) is 21.7. The van der Waals surface area contributed by atoms with Gasteiger partial charge in [0.1, 0.15) is 5.76 Å². The first-order valence-corrected chi connectivity index (χ1v) is 6.17. The van der Waals surface area contributed by atoms with Crippen LogP contribution in [0.3, 0.4) is 0 Å². The Hall–Kier alpha value is -0.760. The van der Waals surface area contributed by atoms with Crippen molar-refractivity contribution in [2.75, 3.05) is 26.2 Å². The van der Waals surface area contributed by atoms with E-state index >= 15 is 0 Å². The standard InChI is InChI=1S/C13H21NO/c1-2-7-13(8-3-1)15-12-6-11-14-9-4-5-10-14/h2,7-8H,1,3-6,9-12H2. The van der Waals surface area contributed by atoms with E-state index in [1.807, 2.05) is 0 Å². The fourth-order valence-electron chi connectivity index (χ4n) is 2.18. The number of ether oxygens (including phenoxy) is 1. The van der Waals surface area contributed by atoms with Gasteiger partial charge in [-0.1, -0.05) is 6.08 Å². The highest BCUT2D eigenvalue weighted by molar-refractivity contribution is 5.15. The van der Waals surface area contributed by atoms with Crippen LogP contribution in [0, 0.1) is 0 Å². The maximum Gasteiger partial charge on any atom is 0.115 e. The van der Waals surface area contributed by atoms with Gasteiger partial charge in [-0.25, -0.2) is 0 Å². The second-order valence-corrected chi connectivity index (χ2v) is 4.34. The molecule has 2 aliphatic rings. The van der Waals surface area contributed by atoms with Gasteiger partial charge in [-0.05, 0) is 57.3 Å². The van der Waals surface area contributed by atoms with Crippen molar-refractivity contribution >= 4 is 0 Å². The summed E-state index contributed by atoms with van der Waals surface area (Å²) in [6.45, 7) is 4.66. The van der Waals surface area contributed by atoms with Crippen molar-refractivity contribution in [3.63, 3.8) is 0 Å². The minimum Gasteiger partial charge on any atom is -0.494 e. The van der Waals surface area contributed by atoms with Crippen LogP contribution in [0.5, 0.6) is 0 Å². The molecule has 0 aromatic heterocycles. The molecule has 1 heterocycles. The van der Waals surface area contributed by atoms with Gasteiger partial charge >= 0.3 is 0 Å². The van der Waals surface area contributed by atoms with Crippen molar-refractivity contribution in [1.82, 2.24) is 4.90 Å². The average molecular weight is 207 g/mol. The molecule has 1 saturated heterocycles. The molecule has 0 bridgehead atoms. The molecule has 1 fully saturated rings. The number of nitrogens with zero attached hydrogens (tertiary/aromatic N) is 1. The molecule has 84 valence electrons. The Labute approximate surface area is 92.6 Å². The van der Waals surface area contributed by atoms with E-state index < -0.39 is 0 Å². The summed E-state index contributed by atoms with van der Waals surface area (Å²) >= 11 is 0. The summed E-state index contributed by atoms with van der Waals surface area (Å²) in [5.41, 5.74) is 0. The highest BCUT2D eigenvalue weighted by Crippen LogP contribution is 2.12. The molecule has 0 spiro atoms. The van der Waals surface area contributed by atoms with Crippen molar-refractivity contribution in [1.29, 1.82) is 0 Å². The second-order valence-electron chi connectivity index (χ2n) is 4.34. The number of likely N-dealkylation sites (tertiary alicyclic amines) is 1. The molecule has 2 rings (SSSR count). The first-order valence-electron chi connectivity index (χ1n) is 6.17. The van der Waals surface area contributed by atoms with Crippen LogP contribution in [0.1, 0.15) is 32.1 Å². The van der Waals surface area contributed by atoms with Crippen LogP contribution in [-0.4, -0.2) is 31.1 Å². The van der Waals surface area contributed by atoms with Gasteiger partial charge in [0.2, 0.25) is 0 Å². The van der Waals surface area contributed by atoms with Gasteiger partial charge in [-0.3, -0.25) is 0 Å². The summed E-state index contributed by atoms with van der Waals surface area (Å²) in [6, 6.07) is 0. The Morgan fingerprint density at radius 1 is 1.20 bits per heavy atom. The summed E-state index contributed by atoms with van der Waals surface area (Å²) in [5.74, 6) is 1.07. The molecular formula is C13H21NO. The SMILES string of the molecule is C1=CC(OCCCN2CCCC2)=CCC1. The van der Waals surface area contributed by atoms with Crippen LogP contribution in [-0.2, 0) is 4.74 Å². The first-order chi connectivity index (χ1) is 7.45. The van der Waals surface area contributed by atoms with Gasteiger partial charge in [0, 0.05) is 6.54 Å². The fraction of sp³-hybridized carbons (Fsp3) is 0.692. The van der Waals surface area contributed by atoms with Crippen LogP contribution >= 0.6 is 0 Å². The van der Waals surface area contributed by atoms with Crippen molar-refractivity contribution < 1.29 is 4.74 Å². The van der Waals surface area contributed by atoms with Gasteiger partial charge in [-0.15, -0.1) is 0 Å². The molecule has 2 heteroatoms. The van der Waals surface area contributed by atoms with E-state index in [9.17, 15) is 0 Å². The van der Waals surface area contributed by atoms with Gasteiger partial charge in [-0.2, -0.15) is 0 Å². The van der Waals surface area contributed by atoms with Crippen molar-refractivity contribution in [2.45, 2.75) is 32.1 Å². The first kappa shape index (κ1) is 10.7.